The molecule has 0 amide bonds. The molecule has 1 aromatic carbocycles. The molecule has 6 nitrogen and oxygen atoms in total. The summed E-state index contributed by atoms with van der Waals surface area (Å²) in [6, 6.07) is 5.20. The van der Waals surface area contributed by atoms with Gasteiger partial charge in [0.05, 0.1) is 6.20 Å². The van der Waals surface area contributed by atoms with Gasteiger partial charge in [-0.25, -0.2) is 4.68 Å². The molecule has 0 saturated carbocycles. The molecule has 0 N–H and O–H groups in total. The normalized spacial score (nSPS) is 13.2. The average molecular weight is 273 g/mol. The summed E-state index contributed by atoms with van der Waals surface area (Å²) in [5, 5.41) is 7.74. The molecule has 0 radical (unpaired) electrons. The van der Waals surface area contributed by atoms with Crippen molar-refractivity contribution in [3.63, 3.8) is 0 Å². The third kappa shape index (κ3) is 2.24. The quantitative estimate of drug-likeness (QED) is 0.793. The minimum Gasteiger partial charge on any atom is -0.486 e. The Kier molecular flexibility index (Phi) is 3.37. The summed E-state index contributed by atoms with van der Waals surface area (Å²) in [6.07, 6.45) is 2.39. The van der Waals surface area contributed by atoms with E-state index in [1.165, 1.54) is 6.20 Å². The van der Waals surface area contributed by atoms with Crippen LogP contribution < -0.4 is 9.47 Å². The number of ketones is 1. The van der Waals surface area contributed by atoms with Crippen LogP contribution in [0.15, 0.2) is 24.4 Å². The standard InChI is InChI=1S/C14H15N3O3/c1-2-5-17-11(9-15-16-17)14(18)10-3-4-12-13(8-10)20-7-6-19-12/h3-4,8-9H,2,5-7H2,1H3. The fourth-order valence-electron chi connectivity index (χ4n) is 2.14. The molecule has 1 aliphatic rings. The van der Waals surface area contributed by atoms with Crippen LogP contribution in [-0.4, -0.2) is 34.0 Å². The van der Waals surface area contributed by atoms with Crippen LogP contribution in [0.4, 0.5) is 0 Å². The molecular weight excluding hydrogens is 258 g/mol. The van der Waals surface area contributed by atoms with Crippen molar-refractivity contribution in [1.82, 2.24) is 15.0 Å². The summed E-state index contributed by atoms with van der Waals surface area (Å²) in [5.74, 6) is 1.17. The zero-order valence-electron chi connectivity index (χ0n) is 11.2. The molecule has 0 aliphatic carbocycles. The number of aryl methyl sites for hydroxylation is 1. The lowest BCUT2D eigenvalue weighted by atomic mass is 10.1. The molecule has 0 spiro atoms. The molecule has 20 heavy (non-hydrogen) atoms. The van der Waals surface area contributed by atoms with Crippen LogP contribution in [0.2, 0.25) is 0 Å². The Labute approximate surface area is 116 Å². The third-order valence-electron chi connectivity index (χ3n) is 3.09. The Bertz CT molecular complexity index is 636. The molecular formula is C14H15N3O3. The average Bonchev–Trinajstić information content (AvgIpc) is 2.94. The number of hydrogen-bond donors (Lipinski definition) is 0. The van der Waals surface area contributed by atoms with Crippen LogP contribution in [0.5, 0.6) is 11.5 Å². The predicted molar refractivity (Wildman–Crippen MR) is 71.2 cm³/mol. The summed E-state index contributed by atoms with van der Waals surface area (Å²) >= 11 is 0. The molecule has 0 fully saturated rings. The Morgan fingerprint density at radius 2 is 2.10 bits per heavy atom. The van der Waals surface area contributed by atoms with Crippen molar-refractivity contribution in [3.8, 4) is 11.5 Å². The van der Waals surface area contributed by atoms with Crippen molar-refractivity contribution in [2.75, 3.05) is 13.2 Å². The molecule has 3 rings (SSSR count). The Morgan fingerprint density at radius 1 is 1.30 bits per heavy atom. The SMILES string of the molecule is CCCn1nncc1C(=O)c1ccc2c(c1)OCCO2. The van der Waals surface area contributed by atoms with Gasteiger partial charge >= 0.3 is 0 Å². The zero-order valence-corrected chi connectivity index (χ0v) is 11.2. The number of benzene rings is 1. The topological polar surface area (TPSA) is 66.2 Å². The van der Waals surface area contributed by atoms with Crippen molar-refractivity contribution in [2.24, 2.45) is 0 Å². The molecule has 2 aromatic rings. The Hall–Kier alpha value is -2.37. The van der Waals surface area contributed by atoms with Crippen LogP contribution in [0.25, 0.3) is 0 Å². The minimum absolute atomic E-state index is 0.111. The molecule has 1 aliphatic heterocycles. The first-order valence-electron chi connectivity index (χ1n) is 6.62. The lowest BCUT2D eigenvalue weighted by Gasteiger charge is -2.18. The van der Waals surface area contributed by atoms with Gasteiger partial charge in [0.25, 0.3) is 0 Å². The summed E-state index contributed by atoms with van der Waals surface area (Å²) in [4.78, 5) is 12.5. The van der Waals surface area contributed by atoms with Crippen molar-refractivity contribution in [1.29, 1.82) is 0 Å². The van der Waals surface area contributed by atoms with E-state index in [9.17, 15) is 4.79 Å². The fourth-order valence-corrected chi connectivity index (χ4v) is 2.14. The highest BCUT2D eigenvalue weighted by molar-refractivity contribution is 6.08. The van der Waals surface area contributed by atoms with E-state index in [2.05, 4.69) is 10.3 Å². The Morgan fingerprint density at radius 3 is 2.90 bits per heavy atom. The molecule has 104 valence electrons. The number of ether oxygens (including phenoxy) is 2. The van der Waals surface area contributed by atoms with Crippen molar-refractivity contribution in [3.05, 3.63) is 35.7 Å². The first-order chi connectivity index (χ1) is 9.79. The van der Waals surface area contributed by atoms with Crippen LogP contribution >= 0.6 is 0 Å². The van der Waals surface area contributed by atoms with Gasteiger partial charge < -0.3 is 9.47 Å². The highest BCUT2D eigenvalue weighted by Gasteiger charge is 2.19. The molecule has 0 saturated heterocycles. The first-order valence-corrected chi connectivity index (χ1v) is 6.62. The highest BCUT2D eigenvalue weighted by Crippen LogP contribution is 2.31. The van der Waals surface area contributed by atoms with Crippen molar-refractivity contribution >= 4 is 5.78 Å². The van der Waals surface area contributed by atoms with E-state index in [1.54, 1.807) is 22.9 Å². The smallest absolute Gasteiger partial charge is 0.212 e. The van der Waals surface area contributed by atoms with E-state index in [1.807, 2.05) is 6.92 Å². The highest BCUT2D eigenvalue weighted by atomic mass is 16.6. The van der Waals surface area contributed by atoms with Gasteiger partial charge in [0.1, 0.15) is 18.9 Å². The van der Waals surface area contributed by atoms with Gasteiger partial charge in [0, 0.05) is 12.1 Å². The third-order valence-corrected chi connectivity index (χ3v) is 3.09. The van der Waals surface area contributed by atoms with Gasteiger partial charge in [-0.3, -0.25) is 4.79 Å². The second-order valence-corrected chi connectivity index (χ2v) is 4.53. The van der Waals surface area contributed by atoms with Gasteiger partial charge in [0.15, 0.2) is 11.5 Å². The number of hydrogen-bond acceptors (Lipinski definition) is 5. The molecule has 0 unspecified atom stereocenters. The van der Waals surface area contributed by atoms with Crippen molar-refractivity contribution < 1.29 is 14.3 Å². The maximum atomic E-state index is 12.5. The van der Waals surface area contributed by atoms with Gasteiger partial charge in [0.2, 0.25) is 5.78 Å². The van der Waals surface area contributed by atoms with Gasteiger partial charge in [-0.2, -0.15) is 0 Å². The van der Waals surface area contributed by atoms with Crippen LogP contribution in [0.3, 0.4) is 0 Å². The zero-order chi connectivity index (χ0) is 13.9. The van der Waals surface area contributed by atoms with E-state index in [0.29, 0.717) is 42.5 Å². The van der Waals surface area contributed by atoms with Crippen LogP contribution in [0, 0.1) is 0 Å². The van der Waals surface area contributed by atoms with Gasteiger partial charge in [-0.05, 0) is 24.6 Å². The largest absolute Gasteiger partial charge is 0.486 e. The maximum absolute atomic E-state index is 12.5. The van der Waals surface area contributed by atoms with Gasteiger partial charge in [-0.1, -0.05) is 12.1 Å². The van der Waals surface area contributed by atoms with Crippen LogP contribution in [-0.2, 0) is 6.54 Å². The van der Waals surface area contributed by atoms with E-state index in [0.717, 1.165) is 6.42 Å². The predicted octanol–water partition coefficient (Wildman–Crippen LogP) is 1.69. The number of carbonyl (C=O) groups is 1. The van der Waals surface area contributed by atoms with E-state index < -0.39 is 0 Å². The van der Waals surface area contributed by atoms with E-state index >= 15 is 0 Å². The summed E-state index contributed by atoms with van der Waals surface area (Å²) in [7, 11) is 0. The molecule has 1 aromatic heterocycles. The van der Waals surface area contributed by atoms with E-state index in [-0.39, 0.29) is 5.78 Å². The number of carbonyl (C=O) groups excluding carboxylic acids is 1. The number of rotatable bonds is 4. The molecule has 0 bridgehead atoms. The number of nitrogens with zero attached hydrogens (tertiary/aromatic N) is 3. The van der Waals surface area contributed by atoms with Crippen molar-refractivity contribution in [2.45, 2.75) is 19.9 Å². The second-order valence-electron chi connectivity index (χ2n) is 4.53. The number of aromatic nitrogens is 3. The number of fused-ring (bicyclic) bond motifs is 1. The Balaban J connectivity index is 1.92. The minimum atomic E-state index is -0.111. The first kappa shape index (κ1) is 12.7. The maximum Gasteiger partial charge on any atom is 0.212 e. The fraction of sp³-hybridized carbons (Fsp3) is 0.357. The summed E-state index contributed by atoms with van der Waals surface area (Å²) < 4.78 is 12.6. The van der Waals surface area contributed by atoms with E-state index in [4.69, 9.17) is 9.47 Å². The van der Waals surface area contributed by atoms with Crippen LogP contribution in [0.1, 0.15) is 29.4 Å². The molecule has 2 heterocycles. The summed E-state index contributed by atoms with van der Waals surface area (Å²) in [6.45, 7) is 3.74. The molecule has 0 atom stereocenters. The molecule has 6 heteroatoms. The monoisotopic (exact) mass is 273 g/mol. The lowest BCUT2D eigenvalue weighted by Crippen LogP contribution is -2.16. The lowest BCUT2D eigenvalue weighted by molar-refractivity contribution is 0.102. The second kappa shape index (κ2) is 5.32. The summed E-state index contributed by atoms with van der Waals surface area (Å²) in [5.41, 5.74) is 1.04. The van der Waals surface area contributed by atoms with Gasteiger partial charge in [-0.15, -0.1) is 5.10 Å².